The minimum atomic E-state index is 0.427. The topological polar surface area (TPSA) is 25.2 Å². The maximum Gasteiger partial charge on any atom is 0.0950 e. The fraction of sp³-hybridized carbons (Fsp3) is 0.636. The lowest BCUT2D eigenvalue weighted by Crippen LogP contribution is -2.41. The maximum atomic E-state index is 5.05. The van der Waals surface area contributed by atoms with Crippen LogP contribution in [0, 0.1) is 5.92 Å². The first kappa shape index (κ1) is 8.82. The number of hydrogen-bond acceptors (Lipinski definition) is 2. The van der Waals surface area contributed by atoms with E-state index in [4.69, 9.17) is 4.42 Å². The summed E-state index contributed by atoms with van der Waals surface area (Å²) in [5.74, 6) is 0.911. The Bertz CT molecular complexity index is 249. The molecule has 0 amide bonds. The number of hydrogen-bond donors (Lipinski definition) is 1. The lowest BCUT2D eigenvalue weighted by atomic mass is 9.81. The van der Waals surface area contributed by atoms with Crippen molar-refractivity contribution >= 4 is 0 Å². The first-order valence-electron chi connectivity index (χ1n) is 5.04. The molecule has 2 nitrogen and oxygen atoms in total. The van der Waals surface area contributed by atoms with E-state index >= 15 is 0 Å². The molecule has 1 aliphatic rings. The number of rotatable bonds is 3. The molecule has 72 valence electrons. The second kappa shape index (κ2) is 3.54. The highest BCUT2D eigenvalue weighted by atomic mass is 16.3. The molecule has 1 saturated carbocycles. The van der Waals surface area contributed by atoms with Crippen LogP contribution in [0.1, 0.15) is 38.3 Å². The lowest BCUT2D eigenvalue weighted by Gasteiger charge is -2.35. The molecule has 2 heteroatoms. The minimum Gasteiger partial charge on any atom is -0.472 e. The first-order chi connectivity index (χ1) is 6.25. The highest BCUT2D eigenvalue weighted by molar-refractivity contribution is 5.10. The van der Waals surface area contributed by atoms with Gasteiger partial charge in [-0.15, -0.1) is 0 Å². The van der Waals surface area contributed by atoms with Crippen molar-refractivity contribution in [3.8, 4) is 0 Å². The summed E-state index contributed by atoms with van der Waals surface area (Å²) >= 11 is 0. The van der Waals surface area contributed by atoms with Crippen molar-refractivity contribution < 1.29 is 4.42 Å². The second-order valence-electron chi connectivity index (χ2n) is 4.22. The molecule has 2 rings (SSSR count). The Balaban J connectivity index is 1.82. The van der Waals surface area contributed by atoms with Crippen molar-refractivity contribution in [2.45, 2.75) is 38.8 Å². The molecular formula is C11H17NO. The highest BCUT2D eigenvalue weighted by Gasteiger charge is 2.26. The molecule has 1 unspecified atom stereocenters. The third-order valence-corrected chi connectivity index (χ3v) is 2.90. The SMILES string of the molecule is CC1CC(NC(C)c2ccoc2)C1. The molecule has 13 heavy (non-hydrogen) atoms. The van der Waals surface area contributed by atoms with Gasteiger partial charge in [-0.25, -0.2) is 0 Å². The van der Waals surface area contributed by atoms with Crippen LogP contribution < -0.4 is 5.32 Å². The molecule has 0 radical (unpaired) electrons. The smallest absolute Gasteiger partial charge is 0.0950 e. The predicted molar refractivity (Wildman–Crippen MR) is 52.4 cm³/mol. The third kappa shape index (κ3) is 1.94. The van der Waals surface area contributed by atoms with Crippen LogP contribution in [0.2, 0.25) is 0 Å². The summed E-state index contributed by atoms with van der Waals surface area (Å²) in [7, 11) is 0. The summed E-state index contributed by atoms with van der Waals surface area (Å²) in [4.78, 5) is 0. The van der Waals surface area contributed by atoms with Crippen LogP contribution >= 0.6 is 0 Å². The van der Waals surface area contributed by atoms with Crippen LogP contribution in [0.3, 0.4) is 0 Å². The van der Waals surface area contributed by atoms with Crippen molar-refractivity contribution in [2.24, 2.45) is 5.92 Å². The van der Waals surface area contributed by atoms with Gasteiger partial charge in [0, 0.05) is 17.6 Å². The standard InChI is InChI=1S/C11H17NO/c1-8-5-11(6-8)12-9(2)10-3-4-13-7-10/h3-4,7-9,11-12H,5-6H2,1-2H3. The van der Waals surface area contributed by atoms with Crippen LogP contribution in [0.4, 0.5) is 0 Å². The summed E-state index contributed by atoms with van der Waals surface area (Å²) < 4.78 is 5.05. The Labute approximate surface area is 79.3 Å². The van der Waals surface area contributed by atoms with E-state index in [0.717, 1.165) is 12.0 Å². The van der Waals surface area contributed by atoms with E-state index in [-0.39, 0.29) is 0 Å². The van der Waals surface area contributed by atoms with Crippen LogP contribution in [0.15, 0.2) is 23.0 Å². The largest absolute Gasteiger partial charge is 0.472 e. The Morgan fingerprint density at radius 1 is 1.54 bits per heavy atom. The van der Waals surface area contributed by atoms with E-state index in [2.05, 4.69) is 19.2 Å². The van der Waals surface area contributed by atoms with E-state index < -0.39 is 0 Å². The Kier molecular flexibility index (Phi) is 2.40. The van der Waals surface area contributed by atoms with Crippen molar-refractivity contribution in [3.05, 3.63) is 24.2 Å². The summed E-state index contributed by atoms with van der Waals surface area (Å²) in [6.45, 7) is 4.49. The lowest BCUT2D eigenvalue weighted by molar-refractivity contribution is 0.226. The Morgan fingerprint density at radius 3 is 2.85 bits per heavy atom. The maximum absolute atomic E-state index is 5.05. The quantitative estimate of drug-likeness (QED) is 0.771. The van der Waals surface area contributed by atoms with E-state index in [1.54, 1.807) is 6.26 Å². The molecule has 1 aromatic heterocycles. The molecule has 0 saturated heterocycles. The Hall–Kier alpha value is -0.760. The predicted octanol–water partition coefficient (Wildman–Crippen LogP) is 2.73. The van der Waals surface area contributed by atoms with Gasteiger partial charge in [0.05, 0.1) is 12.5 Å². The van der Waals surface area contributed by atoms with E-state index in [1.165, 1.54) is 18.4 Å². The molecule has 1 aromatic rings. The molecule has 1 atom stereocenters. The van der Waals surface area contributed by atoms with Gasteiger partial charge in [0.25, 0.3) is 0 Å². The molecule has 0 bridgehead atoms. The van der Waals surface area contributed by atoms with E-state index in [1.807, 2.05) is 12.3 Å². The average molecular weight is 179 g/mol. The van der Waals surface area contributed by atoms with Crippen molar-refractivity contribution in [3.63, 3.8) is 0 Å². The van der Waals surface area contributed by atoms with Gasteiger partial charge in [-0.1, -0.05) is 6.92 Å². The molecule has 0 spiro atoms. The van der Waals surface area contributed by atoms with Gasteiger partial charge in [-0.05, 0) is 31.7 Å². The average Bonchev–Trinajstić information content (AvgIpc) is 2.53. The van der Waals surface area contributed by atoms with Crippen molar-refractivity contribution in [2.75, 3.05) is 0 Å². The fourth-order valence-corrected chi connectivity index (χ4v) is 2.01. The van der Waals surface area contributed by atoms with Gasteiger partial charge >= 0.3 is 0 Å². The van der Waals surface area contributed by atoms with Gasteiger partial charge in [0.1, 0.15) is 0 Å². The molecule has 0 aromatic carbocycles. The van der Waals surface area contributed by atoms with Crippen LogP contribution in [-0.4, -0.2) is 6.04 Å². The second-order valence-corrected chi connectivity index (χ2v) is 4.22. The summed E-state index contributed by atoms with van der Waals surface area (Å²) in [5.41, 5.74) is 1.25. The van der Waals surface area contributed by atoms with Crippen molar-refractivity contribution in [1.82, 2.24) is 5.32 Å². The van der Waals surface area contributed by atoms with E-state index in [0.29, 0.717) is 6.04 Å². The fourth-order valence-electron chi connectivity index (χ4n) is 2.01. The molecule has 1 heterocycles. The van der Waals surface area contributed by atoms with Gasteiger partial charge in [-0.2, -0.15) is 0 Å². The molecule has 1 N–H and O–H groups in total. The minimum absolute atomic E-state index is 0.427. The summed E-state index contributed by atoms with van der Waals surface area (Å²) in [6.07, 6.45) is 6.20. The normalized spacial score (nSPS) is 29.7. The van der Waals surface area contributed by atoms with Gasteiger partial charge in [0.2, 0.25) is 0 Å². The number of furan rings is 1. The van der Waals surface area contributed by atoms with E-state index in [9.17, 15) is 0 Å². The third-order valence-electron chi connectivity index (χ3n) is 2.90. The highest BCUT2D eigenvalue weighted by Crippen LogP contribution is 2.28. The zero-order chi connectivity index (χ0) is 9.26. The van der Waals surface area contributed by atoms with Crippen LogP contribution in [-0.2, 0) is 0 Å². The molecule has 1 aliphatic carbocycles. The van der Waals surface area contributed by atoms with Gasteiger partial charge in [0.15, 0.2) is 0 Å². The van der Waals surface area contributed by atoms with Crippen LogP contribution in [0.5, 0.6) is 0 Å². The molecule has 1 fully saturated rings. The zero-order valence-electron chi connectivity index (χ0n) is 8.29. The zero-order valence-corrected chi connectivity index (χ0v) is 8.29. The monoisotopic (exact) mass is 179 g/mol. The van der Waals surface area contributed by atoms with Crippen molar-refractivity contribution in [1.29, 1.82) is 0 Å². The summed E-state index contributed by atoms with van der Waals surface area (Å²) in [6, 6.07) is 3.18. The van der Waals surface area contributed by atoms with Crippen LogP contribution in [0.25, 0.3) is 0 Å². The number of nitrogens with one attached hydrogen (secondary N) is 1. The first-order valence-corrected chi connectivity index (χ1v) is 5.04. The molecular weight excluding hydrogens is 162 g/mol. The Morgan fingerprint density at radius 2 is 2.31 bits per heavy atom. The molecule has 0 aliphatic heterocycles. The summed E-state index contributed by atoms with van der Waals surface area (Å²) in [5, 5.41) is 3.59. The van der Waals surface area contributed by atoms with Gasteiger partial charge in [-0.3, -0.25) is 0 Å². The van der Waals surface area contributed by atoms with Gasteiger partial charge < -0.3 is 9.73 Å².